The van der Waals surface area contributed by atoms with Crippen LogP contribution in [-0.4, -0.2) is 17.7 Å². The molecule has 0 amide bonds. The molecule has 3 nitrogen and oxygen atoms in total. The molecule has 0 radical (unpaired) electrons. The Balaban J connectivity index is 3.15. The third kappa shape index (κ3) is 3.38. The molecule has 0 unspecified atom stereocenters. The highest BCUT2D eigenvalue weighted by Gasteiger charge is 2.16. The summed E-state index contributed by atoms with van der Waals surface area (Å²) in [6.45, 7) is 5.90. The van der Waals surface area contributed by atoms with Gasteiger partial charge in [-0.2, -0.15) is 0 Å². The van der Waals surface area contributed by atoms with Crippen LogP contribution in [0.5, 0.6) is 11.5 Å². The van der Waals surface area contributed by atoms with Gasteiger partial charge in [0.1, 0.15) is 22.1 Å². The van der Waals surface area contributed by atoms with Crippen LogP contribution in [0.1, 0.15) is 26.3 Å². The number of benzene rings is 1. The van der Waals surface area contributed by atoms with Crippen LogP contribution in [0.4, 0.5) is 0 Å². The van der Waals surface area contributed by atoms with Crippen molar-refractivity contribution in [3.8, 4) is 11.5 Å². The van der Waals surface area contributed by atoms with Gasteiger partial charge in [0.05, 0.1) is 12.7 Å². The second-order valence-corrected chi connectivity index (χ2v) is 4.88. The SMILES string of the molecule is COc1ccc(C(N)=S)c(OC(C)(C)C)c1. The number of ether oxygens (including phenoxy) is 2. The summed E-state index contributed by atoms with van der Waals surface area (Å²) in [4.78, 5) is 0.321. The molecule has 1 aromatic rings. The van der Waals surface area contributed by atoms with Crippen molar-refractivity contribution < 1.29 is 9.47 Å². The van der Waals surface area contributed by atoms with Crippen molar-refractivity contribution in [1.82, 2.24) is 0 Å². The first-order valence-corrected chi connectivity index (χ1v) is 5.41. The first-order chi connectivity index (χ1) is 7.33. The predicted octanol–water partition coefficient (Wildman–Crippen LogP) is 2.51. The van der Waals surface area contributed by atoms with Crippen molar-refractivity contribution in [2.75, 3.05) is 7.11 Å². The standard InChI is InChI=1S/C12H17NO2S/c1-12(2,3)15-10-7-8(14-4)5-6-9(10)11(13)16/h5-7H,1-4H3,(H2,13,16). The van der Waals surface area contributed by atoms with Gasteiger partial charge in [0.2, 0.25) is 0 Å². The van der Waals surface area contributed by atoms with E-state index in [1.165, 1.54) is 0 Å². The van der Waals surface area contributed by atoms with Crippen LogP contribution in [-0.2, 0) is 0 Å². The summed E-state index contributed by atoms with van der Waals surface area (Å²) in [6.07, 6.45) is 0. The maximum Gasteiger partial charge on any atom is 0.133 e. The second-order valence-electron chi connectivity index (χ2n) is 4.44. The van der Waals surface area contributed by atoms with E-state index in [0.29, 0.717) is 10.7 Å². The zero-order chi connectivity index (χ0) is 12.3. The Kier molecular flexibility index (Phi) is 3.75. The maximum atomic E-state index is 5.79. The van der Waals surface area contributed by atoms with Crippen molar-refractivity contribution in [3.05, 3.63) is 23.8 Å². The smallest absolute Gasteiger partial charge is 0.133 e. The van der Waals surface area contributed by atoms with Crippen LogP contribution in [0.25, 0.3) is 0 Å². The van der Waals surface area contributed by atoms with E-state index in [1.807, 2.05) is 32.9 Å². The van der Waals surface area contributed by atoms with E-state index in [4.69, 9.17) is 27.4 Å². The van der Waals surface area contributed by atoms with Gasteiger partial charge in [-0.1, -0.05) is 12.2 Å². The van der Waals surface area contributed by atoms with Crippen molar-refractivity contribution >= 4 is 17.2 Å². The molecule has 0 aliphatic carbocycles. The largest absolute Gasteiger partial charge is 0.497 e. The molecule has 0 aliphatic heterocycles. The van der Waals surface area contributed by atoms with Crippen LogP contribution in [0.15, 0.2) is 18.2 Å². The minimum Gasteiger partial charge on any atom is -0.497 e. The van der Waals surface area contributed by atoms with E-state index >= 15 is 0 Å². The van der Waals surface area contributed by atoms with E-state index in [-0.39, 0.29) is 5.60 Å². The molecule has 1 aromatic carbocycles. The average Bonchev–Trinajstić information content (AvgIpc) is 2.14. The Morgan fingerprint density at radius 2 is 1.94 bits per heavy atom. The quantitative estimate of drug-likeness (QED) is 0.823. The lowest BCUT2D eigenvalue weighted by atomic mass is 10.1. The Bertz CT molecular complexity index is 396. The number of thiocarbonyl (C=S) groups is 1. The van der Waals surface area contributed by atoms with Gasteiger partial charge in [0.15, 0.2) is 0 Å². The first-order valence-electron chi connectivity index (χ1n) is 5.00. The van der Waals surface area contributed by atoms with Gasteiger partial charge in [-0.25, -0.2) is 0 Å². The van der Waals surface area contributed by atoms with E-state index in [9.17, 15) is 0 Å². The lowest BCUT2D eigenvalue weighted by molar-refractivity contribution is 0.130. The summed E-state index contributed by atoms with van der Waals surface area (Å²) >= 11 is 4.98. The molecule has 0 aromatic heterocycles. The summed E-state index contributed by atoms with van der Waals surface area (Å²) in [5.74, 6) is 1.37. The summed E-state index contributed by atoms with van der Waals surface area (Å²) in [5, 5.41) is 0. The number of nitrogens with two attached hydrogens (primary N) is 1. The zero-order valence-electron chi connectivity index (χ0n) is 10.0. The van der Waals surface area contributed by atoms with Gasteiger partial charge in [-0.3, -0.25) is 0 Å². The van der Waals surface area contributed by atoms with Gasteiger partial charge in [-0.05, 0) is 32.9 Å². The molecule has 16 heavy (non-hydrogen) atoms. The molecule has 4 heteroatoms. The van der Waals surface area contributed by atoms with Crippen LogP contribution in [0.2, 0.25) is 0 Å². The van der Waals surface area contributed by atoms with E-state index in [0.717, 1.165) is 11.3 Å². The minimum atomic E-state index is -0.300. The summed E-state index contributed by atoms with van der Waals surface area (Å²) < 4.78 is 10.9. The van der Waals surface area contributed by atoms with E-state index in [2.05, 4.69) is 0 Å². The minimum absolute atomic E-state index is 0.300. The molecular formula is C12H17NO2S. The van der Waals surface area contributed by atoms with Gasteiger partial charge < -0.3 is 15.2 Å². The highest BCUT2D eigenvalue weighted by molar-refractivity contribution is 7.80. The zero-order valence-corrected chi connectivity index (χ0v) is 10.9. The van der Waals surface area contributed by atoms with Gasteiger partial charge in [0, 0.05) is 6.07 Å². The third-order valence-electron chi connectivity index (χ3n) is 1.87. The highest BCUT2D eigenvalue weighted by Crippen LogP contribution is 2.27. The predicted molar refractivity (Wildman–Crippen MR) is 69.3 cm³/mol. The van der Waals surface area contributed by atoms with Gasteiger partial charge in [0.25, 0.3) is 0 Å². The number of methoxy groups -OCH3 is 1. The Hall–Kier alpha value is -1.29. The summed E-state index contributed by atoms with van der Waals surface area (Å²) in [7, 11) is 1.61. The molecule has 0 saturated heterocycles. The molecule has 2 N–H and O–H groups in total. The lowest BCUT2D eigenvalue weighted by Crippen LogP contribution is -2.25. The molecule has 0 aliphatic rings. The van der Waals surface area contributed by atoms with E-state index < -0.39 is 0 Å². The van der Waals surface area contributed by atoms with Gasteiger partial charge >= 0.3 is 0 Å². The van der Waals surface area contributed by atoms with Crippen LogP contribution in [0.3, 0.4) is 0 Å². The normalized spacial score (nSPS) is 11.0. The molecule has 0 spiro atoms. The third-order valence-corrected chi connectivity index (χ3v) is 2.09. The van der Waals surface area contributed by atoms with Crippen LogP contribution in [0, 0.1) is 0 Å². The van der Waals surface area contributed by atoms with Crippen molar-refractivity contribution in [3.63, 3.8) is 0 Å². The summed E-state index contributed by atoms with van der Waals surface area (Å²) in [6, 6.07) is 5.41. The molecule has 0 heterocycles. The molecule has 0 saturated carbocycles. The molecule has 88 valence electrons. The highest BCUT2D eigenvalue weighted by atomic mass is 32.1. The molecule has 0 fully saturated rings. The maximum absolute atomic E-state index is 5.79. The fourth-order valence-electron chi connectivity index (χ4n) is 1.25. The molecular weight excluding hydrogens is 222 g/mol. The lowest BCUT2D eigenvalue weighted by Gasteiger charge is -2.23. The van der Waals surface area contributed by atoms with Crippen LogP contribution < -0.4 is 15.2 Å². The van der Waals surface area contributed by atoms with E-state index in [1.54, 1.807) is 13.2 Å². The van der Waals surface area contributed by atoms with Crippen molar-refractivity contribution in [1.29, 1.82) is 0 Å². The number of rotatable bonds is 3. The topological polar surface area (TPSA) is 44.5 Å². The summed E-state index contributed by atoms with van der Waals surface area (Å²) in [5.41, 5.74) is 6.06. The number of hydrogen-bond donors (Lipinski definition) is 1. The molecule has 1 rings (SSSR count). The fraction of sp³-hybridized carbons (Fsp3) is 0.417. The van der Waals surface area contributed by atoms with Crippen molar-refractivity contribution in [2.24, 2.45) is 5.73 Å². The second kappa shape index (κ2) is 4.70. The Morgan fingerprint density at radius 3 is 2.38 bits per heavy atom. The van der Waals surface area contributed by atoms with Crippen LogP contribution >= 0.6 is 12.2 Å². The Labute approximate surface area is 102 Å². The first kappa shape index (κ1) is 12.8. The fourth-order valence-corrected chi connectivity index (χ4v) is 1.42. The number of hydrogen-bond acceptors (Lipinski definition) is 3. The van der Waals surface area contributed by atoms with Gasteiger partial charge in [-0.15, -0.1) is 0 Å². The molecule has 0 bridgehead atoms. The molecule has 0 atom stereocenters. The average molecular weight is 239 g/mol. The Morgan fingerprint density at radius 1 is 1.31 bits per heavy atom. The monoisotopic (exact) mass is 239 g/mol. The van der Waals surface area contributed by atoms with Crippen molar-refractivity contribution in [2.45, 2.75) is 26.4 Å².